The topological polar surface area (TPSA) is 47.3 Å². The van der Waals surface area contributed by atoms with Gasteiger partial charge in [-0.3, -0.25) is 11.3 Å². The summed E-state index contributed by atoms with van der Waals surface area (Å²) in [7, 11) is 0. The molecular formula is C12H18N2O. The van der Waals surface area contributed by atoms with E-state index in [2.05, 4.69) is 24.1 Å². The largest absolute Gasteiger partial charge is 0.377 e. The SMILES string of the molecule is C=CCOCCC(NN)c1ccccc1. The molecule has 82 valence electrons. The Morgan fingerprint density at radius 1 is 1.40 bits per heavy atom. The van der Waals surface area contributed by atoms with Gasteiger partial charge in [-0.2, -0.15) is 0 Å². The maximum absolute atomic E-state index is 5.49. The summed E-state index contributed by atoms with van der Waals surface area (Å²) in [6, 6.07) is 10.3. The summed E-state index contributed by atoms with van der Waals surface area (Å²) in [5.41, 5.74) is 3.97. The first-order valence-corrected chi connectivity index (χ1v) is 5.08. The molecule has 0 aromatic heterocycles. The molecular weight excluding hydrogens is 188 g/mol. The van der Waals surface area contributed by atoms with E-state index in [1.807, 2.05) is 18.2 Å². The molecule has 0 saturated heterocycles. The van der Waals surface area contributed by atoms with E-state index in [1.165, 1.54) is 5.56 Å². The van der Waals surface area contributed by atoms with Gasteiger partial charge < -0.3 is 4.74 Å². The number of nitrogens with two attached hydrogens (primary N) is 1. The maximum Gasteiger partial charge on any atom is 0.0644 e. The minimum atomic E-state index is 0.149. The predicted octanol–water partition coefficient (Wildman–Crippen LogP) is 1.78. The fraction of sp³-hybridized carbons (Fsp3) is 0.333. The normalized spacial score (nSPS) is 12.3. The van der Waals surface area contributed by atoms with Crippen LogP contribution in [-0.4, -0.2) is 13.2 Å². The molecule has 0 spiro atoms. The number of rotatable bonds is 7. The van der Waals surface area contributed by atoms with Crippen molar-refractivity contribution in [3.63, 3.8) is 0 Å². The van der Waals surface area contributed by atoms with E-state index in [-0.39, 0.29) is 6.04 Å². The van der Waals surface area contributed by atoms with Crippen molar-refractivity contribution in [2.45, 2.75) is 12.5 Å². The van der Waals surface area contributed by atoms with Crippen LogP contribution in [0.15, 0.2) is 43.0 Å². The average molecular weight is 206 g/mol. The summed E-state index contributed by atoms with van der Waals surface area (Å²) >= 11 is 0. The second-order valence-corrected chi connectivity index (χ2v) is 3.28. The van der Waals surface area contributed by atoms with Crippen molar-refractivity contribution in [3.05, 3.63) is 48.6 Å². The third kappa shape index (κ3) is 4.25. The van der Waals surface area contributed by atoms with Gasteiger partial charge in [-0.25, -0.2) is 0 Å². The average Bonchev–Trinajstić information content (AvgIpc) is 2.30. The highest BCUT2D eigenvalue weighted by molar-refractivity contribution is 5.18. The Morgan fingerprint density at radius 2 is 2.13 bits per heavy atom. The second kappa shape index (κ2) is 7.17. The molecule has 0 aliphatic carbocycles. The molecule has 1 unspecified atom stereocenters. The molecule has 0 bridgehead atoms. The van der Waals surface area contributed by atoms with Gasteiger partial charge in [0, 0.05) is 12.6 Å². The molecule has 0 radical (unpaired) electrons. The predicted molar refractivity (Wildman–Crippen MR) is 62.1 cm³/mol. The van der Waals surface area contributed by atoms with Gasteiger partial charge in [-0.05, 0) is 12.0 Å². The van der Waals surface area contributed by atoms with E-state index in [4.69, 9.17) is 10.6 Å². The van der Waals surface area contributed by atoms with E-state index >= 15 is 0 Å². The number of hydrogen-bond donors (Lipinski definition) is 2. The van der Waals surface area contributed by atoms with Gasteiger partial charge in [-0.15, -0.1) is 6.58 Å². The summed E-state index contributed by atoms with van der Waals surface area (Å²) in [6.07, 6.45) is 2.60. The summed E-state index contributed by atoms with van der Waals surface area (Å²) in [6.45, 7) is 4.86. The minimum Gasteiger partial charge on any atom is -0.377 e. The van der Waals surface area contributed by atoms with Gasteiger partial charge in [-0.1, -0.05) is 36.4 Å². The van der Waals surface area contributed by atoms with E-state index in [0.29, 0.717) is 13.2 Å². The molecule has 1 aromatic carbocycles. The molecule has 0 amide bonds. The molecule has 0 aliphatic heterocycles. The summed E-state index contributed by atoms with van der Waals surface area (Å²) in [4.78, 5) is 0. The number of nitrogens with one attached hydrogen (secondary N) is 1. The highest BCUT2D eigenvalue weighted by atomic mass is 16.5. The monoisotopic (exact) mass is 206 g/mol. The Kier molecular flexibility index (Phi) is 5.70. The molecule has 3 N–H and O–H groups in total. The molecule has 15 heavy (non-hydrogen) atoms. The van der Waals surface area contributed by atoms with Gasteiger partial charge in [0.1, 0.15) is 0 Å². The fourth-order valence-corrected chi connectivity index (χ4v) is 1.40. The third-order valence-electron chi connectivity index (χ3n) is 2.19. The third-order valence-corrected chi connectivity index (χ3v) is 2.19. The Bertz CT molecular complexity index is 274. The Balaban J connectivity index is 2.39. The van der Waals surface area contributed by atoms with Crippen LogP contribution in [0.5, 0.6) is 0 Å². The van der Waals surface area contributed by atoms with Gasteiger partial charge in [0.25, 0.3) is 0 Å². The number of hydrogen-bond acceptors (Lipinski definition) is 3. The number of benzene rings is 1. The van der Waals surface area contributed by atoms with Crippen LogP contribution in [0.4, 0.5) is 0 Å². The minimum absolute atomic E-state index is 0.149. The van der Waals surface area contributed by atoms with Crippen LogP contribution in [0.1, 0.15) is 18.0 Å². The van der Waals surface area contributed by atoms with Crippen LogP contribution in [0.2, 0.25) is 0 Å². The van der Waals surface area contributed by atoms with E-state index in [0.717, 1.165) is 6.42 Å². The van der Waals surface area contributed by atoms with Crippen LogP contribution in [0.3, 0.4) is 0 Å². The molecule has 3 heteroatoms. The van der Waals surface area contributed by atoms with Crippen LogP contribution in [0.25, 0.3) is 0 Å². The lowest BCUT2D eigenvalue weighted by molar-refractivity contribution is 0.150. The van der Waals surface area contributed by atoms with Crippen molar-refractivity contribution in [2.75, 3.05) is 13.2 Å². The van der Waals surface area contributed by atoms with Gasteiger partial charge in [0.05, 0.1) is 6.61 Å². The molecule has 0 fully saturated rings. The van der Waals surface area contributed by atoms with E-state index in [9.17, 15) is 0 Å². The van der Waals surface area contributed by atoms with Gasteiger partial charge in [0.15, 0.2) is 0 Å². The summed E-state index contributed by atoms with van der Waals surface area (Å²) in [5.74, 6) is 5.49. The van der Waals surface area contributed by atoms with Crippen molar-refractivity contribution in [1.29, 1.82) is 0 Å². The van der Waals surface area contributed by atoms with Gasteiger partial charge >= 0.3 is 0 Å². The van der Waals surface area contributed by atoms with E-state index < -0.39 is 0 Å². The zero-order chi connectivity index (χ0) is 10.9. The van der Waals surface area contributed by atoms with Crippen LogP contribution >= 0.6 is 0 Å². The van der Waals surface area contributed by atoms with Crippen LogP contribution < -0.4 is 11.3 Å². The first kappa shape index (κ1) is 11.9. The van der Waals surface area contributed by atoms with E-state index in [1.54, 1.807) is 6.08 Å². The molecule has 0 aliphatic rings. The Hall–Kier alpha value is -1.16. The molecule has 3 nitrogen and oxygen atoms in total. The molecule has 1 rings (SSSR count). The highest BCUT2D eigenvalue weighted by Crippen LogP contribution is 2.14. The van der Waals surface area contributed by atoms with Crippen molar-refractivity contribution in [3.8, 4) is 0 Å². The highest BCUT2D eigenvalue weighted by Gasteiger charge is 2.07. The van der Waals surface area contributed by atoms with Crippen molar-refractivity contribution >= 4 is 0 Å². The maximum atomic E-state index is 5.49. The summed E-state index contributed by atoms with van der Waals surface area (Å²) in [5, 5.41) is 0. The van der Waals surface area contributed by atoms with Crippen molar-refractivity contribution < 1.29 is 4.74 Å². The fourth-order valence-electron chi connectivity index (χ4n) is 1.40. The quantitative estimate of drug-likeness (QED) is 0.309. The zero-order valence-electron chi connectivity index (χ0n) is 8.86. The van der Waals surface area contributed by atoms with Crippen molar-refractivity contribution in [1.82, 2.24) is 5.43 Å². The number of hydrazine groups is 1. The van der Waals surface area contributed by atoms with Crippen molar-refractivity contribution in [2.24, 2.45) is 5.84 Å². The number of ether oxygens (including phenoxy) is 1. The van der Waals surface area contributed by atoms with Gasteiger partial charge in [0.2, 0.25) is 0 Å². The smallest absolute Gasteiger partial charge is 0.0644 e. The molecule has 0 saturated carbocycles. The summed E-state index contributed by atoms with van der Waals surface area (Å²) < 4.78 is 5.32. The second-order valence-electron chi connectivity index (χ2n) is 3.28. The lowest BCUT2D eigenvalue weighted by Crippen LogP contribution is -2.28. The Morgan fingerprint density at radius 3 is 2.73 bits per heavy atom. The zero-order valence-corrected chi connectivity index (χ0v) is 8.86. The van der Waals surface area contributed by atoms with Crippen LogP contribution in [0, 0.1) is 0 Å². The Labute approximate surface area is 90.9 Å². The lowest BCUT2D eigenvalue weighted by Gasteiger charge is -2.15. The molecule has 1 aromatic rings. The first-order valence-electron chi connectivity index (χ1n) is 5.08. The molecule has 1 atom stereocenters. The molecule has 0 heterocycles. The van der Waals surface area contributed by atoms with Crippen LogP contribution in [-0.2, 0) is 4.74 Å². The first-order chi connectivity index (χ1) is 7.38. The standard InChI is InChI=1S/C12H18N2O/c1-2-9-15-10-8-12(14-13)11-6-4-3-5-7-11/h2-7,12,14H,1,8-10,13H2. The lowest BCUT2D eigenvalue weighted by atomic mass is 10.1.